The third-order valence-electron chi connectivity index (χ3n) is 4.67. The van der Waals surface area contributed by atoms with Gasteiger partial charge in [-0.3, -0.25) is 0 Å². The Bertz CT molecular complexity index is 1130. The molecule has 0 N–H and O–H groups in total. The molecule has 136 valence electrons. The van der Waals surface area contributed by atoms with Crippen molar-refractivity contribution >= 4 is 20.3 Å². The molecule has 0 aliphatic carbocycles. The van der Waals surface area contributed by atoms with Crippen molar-refractivity contribution in [2.75, 3.05) is 14.2 Å². The Morgan fingerprint density at radius 1 is 0.667 bits per heavy atom. The van der Waals surface area contributed by atoms with Crippen molar-refractivity contribution in [3.8, 4) is 11.5 Å². The lowest BCUT2D eigenvalue weighted by Crippen LogP contribution is -2.00. The van der Waals surface area contributed by atoms with Gasteiger partial charge in [0.05, 0.1) is 24.0 Å². The molecule has 1 aliphatic rings. The average molecular weight is 378 g/mol. The van der Waals surface area contributed by atoms with E-state index < -0.39 is 9.84 Å². The van der Waals surface area contributed by atoms with E-state index in [2.05, 4.69) is 0 Å². The lowest BCUT2D eigenvalue weighted by molar-refractivity contribution is 0.414. The number of rotatable bonds is 4. The molecule has 1 heterocycles. The average Bonchev–Trinajstić information content (AvgIpc) is 2.95. The van der Waals surface area contributed by atoms with Crippen molar-refractivity contribution in [2.45, 2.75) is 4.90 Å². The molecule has 0 atom stereocenters. The van der Waals surface area contributed by atoms with Crippen molar-refractivity contribution in [1.82, 2.24) is 0 Å². The summed E-state index contributed by atoms with van der Waals surface area (Å²) in [5.41, 5.74) is 2.89. The lowest BCUT2D eigenvalue weighted by atomic mass is 9.95. The van der Waals surface area contributed by atoms with Gasteiger partial charge in [-0.1, -0.05) is 30.3 Å². The van der Waals surface area contributed by atoms with Gasteiger partial charge in [-0.2, -0.15) is 0 Å². The molecule has 4 nitrogen and oxygen atoms in total. The molecule has 0 saturated carbocycles. The van der Waals surface area contributed by atoms with Crippen LogP contribution in [0.4, 0.5) is 0 Å². The van der Waals surface area contributed by atoms with E-state index in [1.807, 2.05) is 36.4 Å². The van der Waals surface area contributed by atoms with Crippen molar-refractivity contribution in [1.29, 1.82) is 0 Å². The second-order valence-electron chi connectivity index (χ2n) is 6.16. The number of fused-ring (bicyclic) bond motifs is 1. The first kappa shape index (κ1) is 17.4. The number of sulfone groups is 1. The van der Waals surface area contributed by atoms with Crippen LogP contribution in [0.25, 0.3) is 10.5 Å². The largest absolute Gasteiger partial charge is 0.497 e. The highest BCUT2D eigenvalue weighted by Crippen LogP contribution is 2.47. The van der Waals surface area contributed by atoms with Crippen molar-refractivity contribution in [3.63, 3.8) is 0 Å². The molecular weight excluding hydrogens is 360 g/mol. The predicted molar refractivity (Wildman–Crippen MR) is 106 cm³/mol. The summed E-state index contributed by atoms with van der Waals surface area (Å²) in [4.78, 5) is 0.651. The SMILES string of the molecule is COc1ccc(C2=C(c3ccc(OC)cc3)S(=O)(=O)c3ccccc32)cc1. The van der Waals surface area contributed by atoms with E-state index in [4.69, 9.17) is 9.47 Å². The van der Waals surface area contributed by atoms with E-state index in [1.165, 1.54) is 0 Å². The Kier molecular flexibility index (Phi) is 4.24. The minimum atomic E-state index is -3.62. The fourth-order valence-electron chi connectivity index (χ4n) is 3.36. The molecule has 0 fully saturated rings. The Labute approximate surface area is 158 Å². The number of methoxy groups -OCH3 is 2. The summed E-state index contributed by atoms with van der Waals surface area (Å²) in [6.07, 6.45) is 0. The van der Waals surface area contributed by atoms with Crippen molar-refractivity contribution in [2.24, 2.45) is 0 Å². The summed E-state index contributed by atoms with van der Waals surface area (Å²) in [6, 6.07) is 21.6. The number of benzene rings is 3. The molecule has 0 radical (unpaired) electrons. The van der Waals surface area contributed by atoms with Gasteiger partial charge in [0, 0.05) is 11.1 Å². The maximum atomic E-state index is 13.3. The Hall–Kier alpha value is -3.05. The molecule has 0 bridgehead atoms. The van der Waals surface area contributed by atoms with E-state index in [0.717, 1.165) is 11.3 Å². The summed E-state index contributed by atoms with van der Waals surface area (Å²) in [5.74, 6) is 1.40. The molecule has 3 aromatic carbocycles. The highest BCUT2D eigenvalue weighted by Gasteiger charge is 2.36. The maximum absolute atomic E-state index is 13.3. The fourth-order valence-corrected chi connectivity index (χ4v) is 5.24. The van der Waals surface area contributed by atoms with Crippen LogP contribution in [0, 0.1) is 0 Å². The zero-order valence-corrected chi connectivity index (χ0v) is 15.8. The van der Waals surface area contributed by atoms with E-state index in [-0.39, 0.29) is 0 Å². The van der Waals surface area contributed by atoms with E-state index >= 15 is 0 Å². The standard InChI is InChI=1S/C22H18O4S/c1-25-17-11-7-15(8-12-17)21-19-5-3-4-6-20(19)27(23,24)22(21)16-9-13-18(26-2)14-10-16/h3-14H,1-2H3. The topological polar surface area (TPSA) is 52.6 Å². The minimum Gasteiger partial charge on any atom is -0.497 e. The monoisotopic (exact) mass is 378 g/mol. The van der Waals surface area contributed by atoms with Crippen LogP contribution in [0.1, 0.15) is 16.7 Å². The lowest BCUT2D eigenvalue weighted by Gasteiger charge is -2.10. The molecule has 0 amide bonds. The molecule has 4 rings (SSSR count). The van der Waals surface area contributed by atoms with Crippen LogP contribution in [0.3, 0.4) is 0 Å². The number of hydrogen-bond donors (Lipinski definition) is 0. The van der Waals surface area contributed by atoms with Gasteiger partial charge in [0.25, 0.3) is 0 Å². The fraction of sp³-hybridized carbons (Fsp3) is 0.0909. The van der Waals surface area contributed by atoms with Crippen LogP contribution in [-0.2, 0) is 9.84 Å². The first-order valence-electron chi connectivity index (χ1n) is 8.44. The number of ether oxygens (including phenoxy) is 2. The van der Waals surface area contributed by atoms with Gasteiger partial charge in [-0.15, -0.1) is 0 Å². The number of hydrogen-bond acceptors (Lipinski definition) is 4. The smallest absolute Gasteiger partial charge is 0.208 e. The highest BCUT2D eigenvalue weighted by molar-refractivity contribution is 8.01. The first-order chi connectivity index (χ1) is 13.1. The van der Waals surface area contributed by atoms with Crippen molar-refractivity contribution < 1.29 is 17.9 Å². The van der Waals surface area contributed by atoms with Gasteiger partial charge in [0.1, 0.15) is 11.5 Å². The molecular formula is C22H18O4S. The molecule has 0 saturated heterocycles. The summed E-state index contributed by atoms with van der Waals surface area (Å²) >= 11 is 0. The Morgan fingerprint density at radius 2 is 1.19 bits per heavy atom. The van der Waals surface area contributed by atoms with Crippen LogP contribution in [0.2, 0.25) is 0 Å². The molecule has 5 heteroatoms. The van der Waals surface area contributed by atoms with Crippen LogP contribution < -0.4 is 9.47 Å². The van der Waals surface area contributed by atoms with E-state index in [0.29, 0.717) is 32.3 Å². The van der Waals surface area contributed by atoms with Gasteiger partial charge < -0.3 is 9.47 Å². The summed E-state index contributed by atoms with van der Waals surface area (Å²) in [5, 5.41) is 0. The second-order valence-corrected chi connectivity index (χ2v) is 8.02. The molecule has 1 aliphatic heterocycles. The third kappa shape index (κ3) is 2.80. The zero-order chi connectivity index (χ0) is 19.0. The Morgan fingerprint density at radius 3 is 1.74 bits per heavy atom. The van der Waals surface area contributed by atoms with Crippen LogP contribution >= 0.6 is 0 Å². The quantitative estimate of drug-likeness (QED) is 0.675. The van der Waals surface area contributed by atoms with Crippen LogP contribution in [0.5, 0.6) is 11.5 Å². The molecule has 0 spiro atoms. The third-order valence-corrected chi connectivity index (χ3v) is 6.58. The van der Waals surface area contributed by atoms with E-state index in [1.54, 1.807) is 50.6 Å². The summed E-state index contributed by atoms with van der Waals surface area (Å²) < 4.78 is 37.1. The molecule has 27 heavy (non-hydrogen) atoms. The Balaban J connectivity index is 2.01. The van der Waals surface area contributed by atoms with Crippen LogP contribution in [0.15, 0.2) is 77.7 Å². The van der Waals surface area contributed by atoms with Gasteiger partial charge in [-0.25, -0.2) is 8.42 Å². The van der Waals surface area contributed by atoms with Gasteiger partial charge in [0.2, 0.25) is 9.84 Å². The zero-order valence-electron chi connectivity index (χ0n) is 15.0. The van der Waals surface area contributed by atoms with Crippen molar-refractivity contribution in [3.05, 3.63) is 89.5 Å². The second kappa shape index (κ2) is 6.59. The molecule has 0 unspecified atom stereocenters. The maximum Gasteiger partial charge on any atom is 0.208 e. The predicted octanol–water partition coefficient (Wildman–Crippen LogP) is 4.41. The van der Waals surface area contributed by atoms with Crippen LogP contribution in [-0.4, -0.2) is 22.6 Å². The molecule has 3 aromatic rings. The van der Waals surface area contributed by atoms with Gasteiger partial charge in [0.15, 0.2) is 0 Å². The first-order valence-corrected chi connectivity index (χ1v) is 9.92. The van der Waals surface area contributed by atoms with Gasteiger partial charge in [-0.05, 0) is 53.6 Å². The van der Waals surface area contributed by atoms with Gasteiger partial charge >= 0.3 is 0 Å². The highest BCUT2D eigenvalue weighted by atomic mass is 32.2. The molecule has 0 aromatic heterocycles. The van der Waals surface area contributed by atoms with E-state index in [9.17, 15) is 8.42 Å². The summed E-state index contributed by atoms with van der Waals surface area (Å²) in [7, 11) is -0.438. The normalized spacial score (nSPS) is 14.7. The minimum absolute atomic E-state index is 0.316. The summed E-state index contributed by atoms with van der Waals surface area (Å²) in [6.45, 7) is 0.